The van der Waals surface area contributed by atoms with E-state index in [0.29, 0.717) is 12.1 Å². The second kappa shape index (κ2) is 6.78. The fraction of sp³-hybridized carbons (Fsp3) is 0.294. The Morgan fingerprint density at radius 2 is 1.81 bits per heavy atom. The highest BCUT2D eigenvalue weighted by atomic mass is 19.1. The van der Waals surface area contributed by atoms with Crippen LogP contribution in [0.1, 0.15) is 24.1 Å². The van der Waals surface area contributed by atoms with Crippen LogP contribution in [0.15, 0.2) is 48.5 Å². The highest BCUT2D eigenvalue weighted by Crippen LogP contribution is 2.25. The van der Waals surface area contributed by atoms with Gasteiger partial charge in [-0.05, 0) is 37.7 Å². The van der Waals surface area contributed by atoms with Crippen molar-refractivity contribution in [3.05, 3.63) is 71.3 Å². The molecule has 0 bridgehead atoms. The van der Waals surface area contributed by atoms with Crippen LogP contribution < -0.4 is 5.73 Å². The van der Waals surface area contributed by atoms with Crippen molar-refractivity contribution in [2.45, 2.75) is 25.6 Å². The van der Waals surface area contributed by atoms with Gasteiger partial charge in [-0.2, -0.15) is 0 Å². The van der Waals surface area contributed by atoms with Crippen molar-refractivity contribution in [2.75, 3.05) is 7.05 Å². The summed E-state index contributed by atoms with van der Waals surface area (Å²) in [6, 6.07) is 12.6. The second-order valence-corrected chi connectivity index (χ2v) is 5.37. The van der Waals surface area contributed by atoms with Crippen molar-refractivity contribution in [3.8, 4) is 0 Å². The van der Waals surface area contributed by atoms with Crippen molar-refractivity contribution in [2.24, 2.45) is 5.73 Å². The summed E-state index contributed by atoms with van der Waals surface area (Å²) in [5, 5.41) is 0. The normalized spacial score (nSPS) is 14.2. The van der Waals surface area contributed by atoms with Gasteiger partial charge in [0.05, 0.1) is 0 Å². The predicted octanol–water partition coefficient (Wildman–Crippen LogP) is 3.49. The zero-order valence-corrected chi connectivity index (χ0v) is 12.3. The van der Waals surface area contributed by atoms with Gasteiger partial charge >= 0.3 is 0 Å². The monoisotopic (exact) mass is 290 g/mol. The minimum atomic E-state index is -0.294. The topological polar surface area (TPSA) is 29.3 Å². The number of benzene rings is 2. The molecule has 112 valence electrons. The highest BCUT2D eigenvalue weighted by Gasteiger charge is 2.22. The third-order valence-electron chi connectivity index (χ3n) is 3.54. The first-order valence-corrected chi connectivity index (χ1v) is 6.93. The molecule has 0 saturated carbocycles. The molecule has 21 heavy (non-hydrogen) atoms. The van der Waals surface area contributed by atoms with Gasteiger partial charge in [0.15, 0.2) is 0 Å². The van der Waals surface area contributed by atoms with E-state index in [2.05, 4.69) is 0 Å². The first-order chi connectivity index (χ1) is 9.99. The maximum atomic E-state index is 13.8. The summed E-state index contributed by atoms with van der Waals surface area (Å²) in [4.78, 5) is 1.94. The van der Waals surface area contributed by atoms with Crippen LogP contribution in [-0.2, 0) is 6.54 Å². The van der Waals surface area contributed by atoms with Gasteiger partial charge in [-0.25, -0.2) is 8.78 Å². The lowest BCUT2D eigenvalue weighted by Crippen LogP contribution is -2.37. The Hall–Kier alpha value is -1.78. The van der Waals surface area contributed by atoms with E-state index in [1.807, 2.05) is 24.9 Å². The molecule has 0 spiro atoms. The summed E-state index contributed by atoms with van der Waals surface area (Å²) in [7, 11) is 1.87. The summed E-state index contributed by atoms with van der Waals surface area (Å²) in [5.74, 6) is -0.538. The van der Waals surface area contributed by atoms with E-state index in [4.69, 9.17) is 5.73 Å². The highest BCUT2D eigenvalue weighted by molar-refractivity contribution is 5.23. The Bertz CT molecular complexity index is 599. The van der Waals surface area contributed by atoms with Crippen LogP contribution in [0.3, 0.4) is 0 Å². The first-order valence-electron chi connectivity index (χ1n) is 6.93. The largest absolute Gasteiger partial charge is 0.326 e. The van der Waals surface area contributed by atoms with Gasteiger partial charge < -0.3 is 5.73 Å². The molecule has 2 unspecified atom stereocenters. The Morgan fingerprint density at radius 3 is 2.43 bits per heavy atom. The van der Waals surface area contributed by atoms with Gasteiger partial charge in [-0.3, -0.25) is 4.90 Å². The summed E-state index contributed by atoms with van der Waals surface area (Å²) < 4.78 is 27.2. The standard InChI is InChI=1S/C17H20F2N2/c1-12(20)17(13-7-5-8-15(18)10-13)21(2)11-14-6-3-4-9-16(14)19/h3-10,12,17H,11,20H2,1-2H3. The van der Waals surface area contributed by atoms with E-state index >= 15 is 0 Å². The zero-order valence-electron chi connectivity index (χ0n) is 12.3. The quantitative estimate of drug-likeness (QED) is 0.913. The molecule has 0 fully saturated rings. The van der Waals surface area contributed by atoms with Crippen molar-refractivity contribution in [1.29, 1.82) is 0 Å². The molecule has 0 amide bonds. The van der Waals surface area contributed by atoms with Crippen LogP contribution in [0, 0.1) is 11.6 Å². The van der Waals surface area contributed by atoms with Crippen LogP contribution in [0.5, 0.6) is 0 Å². The Balaban J connectivity index is 2.24. The average Bonchev–Trinajstić information content (AvgIpc) is 2.41. The summed E-state index contributed by atoms with van der Waals surface area (Å²) in [6.07, 6.45) is 0. The fourth-order valence-electron chi connectivity index (χ4n) is 2.64. The molecule has 2 atom stereocenters. The van der Waals surface area contributed by atoms with E-state index in [1.54, 1.807) is 24.3 Å². The molecule has 0 radical (unpaired) electrons. The van der Waals surface area contributed by atoms with Crippen molar-refractivity contribution >= 4 is 0 Å². The fourth-order valence-corrected chi connectivity index (χ4v) is 2.64. The van der Waals surface area contributed by atoms with E-state index in [1.165, 1.54) is 18.2 Å². The van der Waals surface area contributed by atoms with Gasteiger partial charge in [0.25, 0.3) is 0 Å². The first kappa shape index (κ1) is 15.6. The van der Waals surface area contributed by atoms with Crippen LogP contribution in [0.2, 0.25) is 0 Å². The summed E-state index contributed by atoms with van der Waals surface area (Å²) in [5.41, 5.74) is 7.45. The number of nitrogens with zero attached hydrogens (tertiary/aromatic N) is 1. The lowest BCUT2D eigenvalue weighted by atomic mass is 9.99. The van der Waals surface area contributed by atoms with Crippen molar-refractivity contribution in [1.82, 2.24) is 4.90 Å². The zero-order chi connectivity index (χ0) is 15.4. The lowest BCUT2D eigenvalue weighted by Gasteiger charge is -2.31. The minimum Gasteiger partial charge on any atom is -0.326 e. The Kier molecular flexibility index (Phi) is 5.04. The number of hydrogen-bond acceptors (Lipinski definition) is 2. The third-order valence-corrected chi connectivity index (χ3v) is 3.54. The van der Waals surface area contributed by atoms with Gasteiger partial charge in [-0.1, -0.05) is 30.3 Å². The molecule has 0 aromatic heterocycles. The predicted molar refractivity (Wildman–Crippen MR) is 80.7 cm³/mol. The summed E-state index contributed by atoms with van der Waals surface area (Å²) >= 11 is 0. The Labute approximate surface area is 124 Å². The maximum absolute atomic E-state index is 13.8. The van der Waals surface area contributed by atoms with Crippen LogP contribution in [-0.4, -0.2) is 18.0 Å². The van der Waals surface area contributed by atoms with E-state index < -0.39 is 0 Å². The second-order valence-electron chi connectivity index (χ2n) is 5.37. The lowest BCUT2D eigenvalue weighted by molar-refractivity contribution is 0.208. The molecule has 4 heteroatoms. The molecule has 0 aliphatic carbocycles. The molecule has 0 heterocycles. The smallest absolute Gasteiger partial charge is 0.127 e. The molecule has 2 N–H and O–H groups in total. The molecular formula is C17H20F2N2. The molecule has 2 nitrogen and oxygen atoms in total. The van der Waals surface area contributed by atoms with Crippen molar-refractivity contribution in [3.63, 3.8) is 0 Å². The number of likely N-dealkylation sites (N-methyl/N-ethyl adjacent to an activating group) is 1. The molecule has 2 rings (SSSR count). The molecule has 2 aromatic rings. The third kappa shape index (κ3) is 3.86. The average molecular weight is 290 g/mol. The van der Waals surface area contributed by atoms with Crippen molar-refractivity contribution < 1.29 is 8.78 Å². The SMILES string of the molecule is CC(N)C(c1cccc(F)c1)N(C)Cc1ccccc1F. The summed E-state index contributed by atoms with van der Waals surface area (Å²) in [6.45, 7) is 2.28. The molecule has 0 saturated heterocycles. The van der Waals surface area contributed by atoms with Gasteiger partial charge in [0.2, 0.25) is 0 Å². The number of halogens is 2. The molecule has 2 aromatic carbocycles. The number of hydrogen-bond donors (Lipinski definition) is 1. The molecule has 0 aliphatic heterocycles. The van der Waals surface area contributed by atoms with Crippen LogP contribution in [0.25, 0.3) is 0 Å². The van der Waals surface area contributed by atoms with Gasteiger partial charge in [0, 0.05) is 24.2 Å². The maximum Gasteiger partial charge on any atom is 0.127 e. The van der Waals surface area contributed by atoms with Gasteiger partial charge in [-0.15, -0.1) is 0 Å². The van der Waals surface area contributed by atoms with Crippen LogP contribution in [0.4, 0.5) is 8.78 Å². The molecule has 0 aliphatic rings. The van der Waals surface area contributed by atoms with E-state index in [-0.39, 0.29) is 23.7 Å². The van der Waals surface area contributed by atoms with E-state index in [0.717, 1.165) is 5.56 Å². The number of nitrogens with two attached hydrogens (primary N) is 1. The Morgan fingerprint density at radius 1 is 1.10 bits per heavy atom. The molecular weight excluding hydrogens is 270 g/mol. The van der Waals surface area contributed by atoms with Gasteiger partial charge in [0.1, 0.15) is 11.6 Å². The minimum absolute atomic E-state index is 0.180. The van der Waals surface area contributed by atoms with Crippen LogP contribution >= 0.6 is 0 Å². The van der Waals surface area contributed by atoms with E-state index in [9.17, 15) is 8.78 Å². The number of rotatable bonds is 5.